The minimum atomic E-state index is -0.298. The van der Waals surface area contributed by atoms with Gasteiger partial charge in [0.25, 0.3) is 0 Å². The quantitative estimate of drug-likeness (QED) is 0.818. The number of aliphatic hydroxyl groups is 1. The Kier molecular flexibility index (Phi) is 6.23. The first-order chi connectivity index (χ1) is 9.54. The number of nitrogens with zero attached hydrogens (tertiary/aromatic N) is 2. The number of hydrogen-bond donors (Lipinski definition) is 1. The lowest BCUT2D eigenvalue weighted by Crippen LogP contribution is -2.50. The maximum atomic E-state index is 10.4. The summed E-state index contributed by atoms with van der Waals surface area (Å²) < 4.78 is 11.2. The van der Waals surface area contributed by atoms with Gasteiger partial charge >= 0.3 is 0 Å². The summed E-state index contributed by atoms with van der Waals surface area (Å²) in [5, 5.41) is 10.4. The van der Waals surface area contributed by atoms with Crippen molar-refractivity contribution < 1.29 is 14.6 Å². The number of hydrogen-bond acceptors (Lipinski definition) is 5. The fourth-order valence-electron chi connectivity index (χ4n) is 3.27. The van der Waals surface area contributed by atoms with E-state index in [1.165, 1.54) is 0 Å². The van der Waals surface area contributed by atoms with Gasteiger partial charge in [0.15, 0.2) is 0 Å². The highest BCUT2D eigenvalue weighted by molar-refractivity contribution is 4.79. The van der Waals surface area contributed by atoms with Crippen molar-refractivity contribution in [3.63, 3.8) is 0 Å². The summed E-state index contributed by atoms with van der Waals surface area (Å²) in [6.07, 6.45) is 1.28. The summed E-state index contributed by atoms with van der Waals surface area (Å²) in [4.78, 5) is 4.67. The first-order valence-electron chi connectivity index (χ1n) is 7.92. The molecular weight excluding hydrogens is 256 g/mol. The summed E-state index contributed by atoms with van der Waals surface area (Å²) in [5.41, 5.74) is 0. The lowest BCUT2D eigenvalue weighted by Gasteiger charge is -2.37. The van der Waals surface area contributed by atoms with Crippen molar-refractivity contribution in [3.05, 3.63) is 0 Å². The van der Waals surface area contributed by atoms with Crippen molar-refractivity contribution in [1.82, 2.24) is 9.80 Å². The molecule has 5 nitrogen and oxygen atoms in total. The average Bonchev–Trinajstić information content (AvgIpc) is 2.53. The van der Waals surface area contributed by atoms with E-state index in [4.69, 9.17) is 9.47 Å². The first kappa shape index (κ1) is 16.2. The van der Waals surface area contributed by atoms with Crippen molar-refractivity contribution in [2.75, 3.05) is 45.9 Å². The molecule has 0 aliphatic carbocycles. The van der Waals surface area contributed by atoms with Crippen LogP contribution in [0.3, 0.4) is 0 Å². The van der Waals surface area contributed by atoms with E-state index in [2.05, 4.69) is 30.6 Å². The molecule has 4 atom stereocenters. The van der Waals surface area contributed by atoms with Gasteiger partial charge in [-0.05, 0) is 27.2 Å². The maximum Gasteiger partial charge on any atom is 0.0793 e. The maximum absolute atomic E-state index is 10.4. The molecule has 0 saturated carbocycles. The van der Waals surface area contributed by atoms with Crippen molar-refractivity contribution in [2.24, 2.45) is 0 Å². The van der Waals surface area contributed by atoms with Gasteiger partial charge in [0.05, 0.1) is 24.9 Å². The number of morpholine rings is 1. The third-order valence-electron chi connectivity index (χ3n) is 4.24. The average molecular weight is 286 g/mol. The van der Waals surface area contributed by atoms with Gasteiger partial charge in [0.1, 0.15) is 0 Å². The highest BCUT2D eigenvalue weighted by atomic mass is 16.5. The Morgan fingerprint density at radius 1 is 1.10 bits per heavy atom. The van der Waals surface area contributed by atoms with E-state index in [-0.39, 0.29) is 18.3 Å². The SMILES string of the molecule is CC1CN(CC(O)CN2CCOCCC2C)CC(C)O1. The Labute approximate surface area is 122 Å². The van der Waals surface area contributed by atoms with Gasteiger partial charge in [0, 0.05) is 45.4 Å². The molecule has 2 rings (SSSR count). The molecule has 2 saturated heterocycles. The van der Waals surface area contributed by atoms with Gasteiger partial charge in [-0.2, -0.15) is 0 Å². The Bertz CT molecular complexity index is 280. The zero-order chi connectivity index (χ0) is 14.5. The molecule has 0 bridgehead atoms. The van der Waals surface area contributed by atoms with E-state index in [1.54, 1.807) is 0 Å². The molecule has 2 heterocycles. The fraction of sp³-hybridized carbons (Fsp3) is 1.00. The van der Waals surface area contributed by atoms with Gasteiger partial charge in [0.2, 0.25) is 0 Å². The van der Waals surface area contributed by atoms with Crippen LogP contribution < -0.4 is 0 Å². The molecule has 0 radical (unpaired) electrons. The normalized spacial score (nSPS) is 35.7. The van der Waals surface area contributed by atoms with Crippen LogP contribution in [0.2, 0.25) is 0 Å². The molecule has 2 aliphatic heterocycles. The third kappa shape index (κ3) is 4.97. The van der Waals surface area contributed by atoms with Crippen LogP contribution in [0.1, 0.15) is 27.2 Å². The molecule has 0 aromatic rings. The highest BCUT2D eigenvalue weighted by Gasteiger charge is 2.25. The zero-order valence-electron chi connectivity index (χ0n) is 13.1. The van der Waals surface area contributed by atoms with Crippen LogP contribution in [0.4, 0.5) is 0 Å². The van der Waals surface area contributed by atoms with Gasteiger partial charge in [-0.25, -0.2) is 0 Å². The lowest BCUT2D eigenvalue weighted by molar-refractivity contribution is -0.0785. The van der Waals surface area contributed by atoms with Crippen LogP contribution in [0.25, 0.3) is 0 Å². The van der Waals surface area contributed by atoms with Crippen LogP contribution >= 0.6 is 0 Å². The predicted molar refractivity (Wildman–Crippen MR) is 78.9 cm³/mol. The summed E-state index contributed by atoms with van der Waals surface area (Å²) in [6, 6.07) is 0.495. The summed E-state index contributed by atoms with van der Waals surface area (Å²) in [6.45, 7) is 12.3. The Balaban J connectivity index is 1.77. The minimum absolute atomic E-state index is 0.261. The number of rotatable bonds is 4. The molecule has 0 amide bonds. The van der Waals surface area contributed by atoms with E-state index in [0.717, 1.165) is 52.4 Å². The molecule has 4 unspecified atom stereocenters. The van der Waals surface area contributed by atoms with Crippen molar-refractivity contribution in [2.45, 2.75) is 51.5 Å². The van der Waals surface area contributed by atoms with Crippen molar-refractivity contribution in [3.8, 4) is 0 Å². The van der Waals surface area contributed by atoms with Crippen molar-refractivity contribution >= 4 is 0 Å². The Morgan fingerprint density at radius 2 is 1.80 bits per heavy atom. The third-order valence-corrected chi connectivity index (χ3v) is 4.24. The second-order valence-electron chi connectivity index (χ2n) is 6.37. The molecular formula is C15H30N2O3. The molecule has 1 N–H and O–H groups in total. The van der Waals surface area contributed by atoms with Crippen LogP contribution in [0.5, 0.6) is 0 Å². The van der Waals surface area contributed by atoms with Crippen LogP contribution in [-0.2, 0) is 9.47 Å². The van der Waals surface area contributed by atoms with E-state index < -0.39 is 0 Å². The molecule has 20 heavy (non-hydrogen) atoms. The Hall–Kier alpha value is -0.200. The second-order valence-corrected chi connectivity index (χ2v) is 6.37. The van der Waals surface area contributed by atoms with Gasteiger partial charge in [-0.1, -0.05) is 0 Å². The minimum Gasteiger partial charge on any atom is -0.390 e. The molecule has 2 aliphatic rings. The molecule has 2 fully saturated rings. The van der Waals surface area contributed by atoms with Gasteiger partial charge < -0.3 is 14.6 Å². The smallest absolute Gasteiger partial charge is 0.0793 e. The van der Waals surface area contributed by atoms with E-state index in [1.807, 2.05) is 0 Å². The topological polar surface area (TPSA) is 45.2 Å². The van der Waals surface area contributed by atoms with Crippen LogP contribution in [0, 0.1) is 0 Å². The molecule has 0 aromatic heterocycles. The standard InChI is InChI=1S/C15H30N2O3/c1-12-4-6-19-7-5-17(12)11-15(18)10-16-8-13(2)20-14(3)9-16/h12-15,18H,4-11H2,1-3H3. The molecule has 0 spiro atoms. The van der Waals surface area contributed by atoms with E-state index in [0.29, 0.717) is 6.04 Å². The number of ether oxygens (including phenoxy) is 2. The van der Waals surface area contributed by atoms with E-state index in [9.17, 15) is 5.11 Å². The molecule has 5 heteroatoms. The summed E-state index contributed by atoms with van der Waals surface area (Å²) in [5.74, 6) is 0. The molecule has 118 valence electrons. The second kappa shape index (κ2) is 7.71. The highest BCUT2D eigenvalue weighted by Crippen LogP contribution is 2.13. The predicted octanol–water partition coefficient (Wildman–Crippen LogP) is 0.567. The van der Waals surface area contributed by atoms with Crippen molar-refractivity contribution in [1.29, 1.82) is 0 Å². The monoisotopic (exact) mass is 286 g/mol. The van der Waals surface area contributed by atoms with E-state index >= 15 is 0 Å². The lowest BCUT2D eigenvalue weighted by atomic mass is 10.1. The Morgan fingerprint density at radius 3 is 2.50 bits per heavy atom. The summed E-state index contributed by atoms with van der Waals surface area (Å²) >= 11 is 0. The van der Waals surface area contributed by atoms with Crippen LogP contribution in [0.15, 0.2) is 0 Å². The fourth-order valence-corrected chi connectivity index (χ4v) is 3.27. The van der Waals surface area contributed by atoms with Gasteiger partial charge in [-0.15, -0.1) is 0 Å². The number of aliphatic hydroxyl groups excluding tert-OH is 1. The molecule has 0 aromatic carbocycles. The first-order valence-corrected chi connectivity index (χ1v) is 7.92. The number of β-amino-alcohol motifs (C(OH)–C–C–N with tert-alkyl or cyclic N) is 1. The largest absolute Gasteiger partial charge is 0.390 e. The zero-order valence-corrected chi connectivity index (χ0v) is 13.1. The van der Waals surface area contributed by atoms with Crippen LogP contribution in [-0.4, -0.2) is 85.2 Å². The summed E-state index contributed by atoms with van der Waals surface area (Å²) in [7, 11) is 0. The van der Waals surface area contributed by atoms with Gasteiger partial charge in [-0.3, -0.25) is 9.80 Å².